The molecule has 0 fully saturated rings. The van der Waals surface area contributed by atoms with E-state index in [0.717, 1.165) is 0 Å². The summed E-state index contributed by atoms with van der Waals surface area (Å²) in [7, 11) is 0. The van der Waals surface area contributed by atoms with Crippen LogP contribution < -0.4 is 11.1 Å². The molecule has 0 saturated carbocycles. The molecular formula is C12H14F3N3O2. The van der Waals surface area contributed by atoms with Crippen molar-refractivity contribution in [2.75, 3.05) is 0 Å². The quantitative estimate of drug-likeness (QED) is 0.342. The average Bonchev–Trinajstić information content (AvgIpc) is 2.35. The first-order valence-corrected chi connectivity index (χ1v) is 5.68. The smallest absolute Gasteiger partial charge is 0.391 e. The molecule has 1 aromatic carbocycles. The second-order valence-corrected chi connectivity index (χ2v) is 4.26. The minimum absolute atomic E-state index is 0.123. The van der Waals surface area contributed by atoms with Gasteiger partial charge in [0.05, 0.1) is 6.42 Å². The Balaban J connectivity index is 2.69. The van der Waals surface area contributed by atoms with Crippen molar-refractivity contribution in [3.63, 3.8) is 0 Å². The van der Waals surface area contributed by atoms with Crippen molar-refractivity contribution in [1.82, 2.24) is 5.32 Å². The molecule has 1 aromatic rings. The summed E-state index contributed by atoms with van der Waals surface area (Å²) in [6, 6.07) is 4.59. The second-order valence-electron chi connectivity index (χ2n) is 4.26. The molecule has 0 aliphatic heterocycles. The number of hydrogen-bond acceptors (Lipinski definition) is 3. The SMILES string of the molecule is CC(CC(F)(F)F)NC(=O)c1ccc(/C(N)=N/O)cc1. The van der Waals surface area contributed by atoms with Gasteiger partial charge >= 0.3 is 6.18 Å². The number of rotatable bonds is 4. The van der Waals surface area contributed by atoms with Crippen LogP contribution in [-0.2, 0) is 0 Å². The van der Waals surface area contributed by atoms with Gasteiger partial charge in [0.15, 0.2) is 5.84 Å². The second kappa shape index (κ2) is 6.27. The Bertz CT molecular complexity index is 498. The van der Waals surface area contributed by atoms with Crippen LogP contribution >= 0.6 is 0 Å². The Morgan fingerprint density at radius 3 is 2.30 bits per heavy atom. The zero-order valence-corrected chi connectivity index (χ0v) is 10.6. The maximum Gasteiger partial charge on any atom is 0.391 e. The minimum Gasteiger partial charge on any atom is -0.409 e. The van der Waals surface area contributed by atoms with Crippen LogP contribution in [0.3, 0.4) is 0 Å². The minimum atomic E-state index is -4.33. The van der Waals surface area contributed by atoms with E-state index in [4.69, 9.17) is 10.9 Å². The third kappa shape index (κ3) is 4.79. The maximum atomic E-state index is 12.1. The lowest BCUT2D eigenvalue weighted by molar-refractivity contribution is -0.138. The van der Waals surface area contributed by atoms with Crippen LogP contribution in [-0.4, -0.2) is 29.2 Å². The van der Waals surface area contributed by atoms with Crippen LogP contribution in [0.4, 0.5) is 13.2 Å². The van der Waals surface area contributed by atoms with E-state index in [0.29, 0.717) is 5.56 Å². The van der Waals surface area contributed by atoms with Gasteiger partial charge in [-0.2, -0.15) is 13.2 Å². The van der Waals surface area contributed by atoms with Crippen LogP contribution in [0.25, 0.3) is 0 Å². The molecule has 0 aliphatic carbocycles. The van der Waals surface area contributed by atoms with Gasteiger partial charge in [0.1, 0.15) is 0 Å². The van der Waals surface area contributed by atoms with E-state index in [1.54, 1.807) is 0 Å². The molecule has 110 valence electrons. The molecule has 1 atom stereocenters. The Hall–Kier alpha value is -2.25. The van der Waals surface area contributed by atoms with Crippen molar-refractivity contribution < 1.29 is 23.2 Å². The lowest BCUT2D eigenvalue weighted by atomic mass is 10.1. The van der Waals surface area contributed by atoms with E-state index in [-0.39, 0.29) is 11.4 Å². The fourth-order valence-corrected chi connectivity index (χ4v) is 1.56. The number of hydrogen-bond donors (Lipinski definition) is 3. The van der Waals surface area contributed by atoms with Crippen LogP contribution in [0.2, 0.25) is 0 Å². The summed E-state index contributed by atoms with van der Waals surface area (Å²) in [6.45, 7) is 1.27. The molecule has 4 N–H and O–H groups in total. The van der Waals surface area contributed by atoms with Gasteiger partial charge in [0.2, 0.25) is 0 Å². The molecule has 0 bridgehead atoms. The van der Waals surface area contributed by atoms with Gasteiger partial charge in [0, 0.05) is 17.2 Å². The standard InChI is InChI=1S/C12H14F3N3O2/c1-7(6-12(13,14)15)17-11(19)9-4-2-8(3-5-9)10(16)18-20/h2-5,7,20H,6H2,1H3,(H2,16,18)(H,17,19). The van der Waals surface area contributed by atoms with Crippen molar-refractivity contribution in [2.45, 2.75) is 25.6 Å². The number of carbonyl (C=O) groups excluding carboxylic acids is 1. The lowest BCUT2D eigenvalue weighted by Crippen LogP contribution is -2.35. The number of amides is 1. The van der Waals surface area contributed by atoms with Gasteiger partial charge in [-0.05, 0) is 19.1 Å². The highest BCUT2D eigenvalue weighted by molar-refractivity contribution is 5.99. The largest absolute Gasteiger partial charge is 0.409 e. The first-order chi connectivity index (χ1) is 9.23. The molecule has 1 rings (SSSR count). The van der Waals surface area contributed by atoms with Gasteiger partial charge in [0.25, 0.3) is 5.91 Å². The number of nitrogens with one attached hydrogen (secondary N) is 1. The molecule has 0 spiro atoms. The van der Waals surface area contributed by atoms with Crippen molar-refractivity contribution >= 4 is 11.7 Å². The number of oxime groups is 1. The van der Waals surface area contributed by atoms with Crippen LogP contribution in [0.15, 0.2) is 29.4 Å². The lowest BCUT2D eigenvalue weighted by Gasteiger charge is -2.15. The fraction of sp³-hybridized carbons (Fsp3) is 0.333. The van der Waals surface area contributed by atoms with Gasteiger partial charge < -0.3 is 16.3 Å². The summed E-state index contributed by atoms with van der Waals surface area (Å²) in [6.07, 6.45) is -5.43. The summed E-state index contributed by atoms with van der Waals surface area (Å²) in [5, 5.41) is 13.5. The van der Waals surface area contributed by atoms with Crippen molar-refractivity contribution in [1.29, 1.82) is 0 Å². The maximum absolute atomic E-state index is 12.1. The highest BCUT2D eigenvalue weighted by Crippen LogP contribution is 2.21. The van der Waals surface area contributed by atoms with E-state index in [1.165, 1.54) is 31.2 Å². The summed E-state index contributed by atoms with van der Waals surface area (Å²) in [4.78, 5) is 11.7. The first kappa shape index (κ1) is 15.8. The average molecular weight is 289 g/mol. The van der Waals surface area contributed by atoms with Crippen LogP contribution in [0.1, 0.15) is 29.3 Å². The molecule has 0 radical (unpaired) electrons. The normalized spacial score (nSPS) is 13.9. The van der Waals surface area contributed by atoms with Gasteiger partial charge in [-0.15, -0.1) is 0 Å². The summed E-state index contributed by atoms with van der Waals surface area (Å²) >= 11 is 0. The number of nitrogens with two attached hydrogens (primary N) is 1. The van der Waals surface area contributed by atoms with Crippen molar-refractivity contribution in [2.24, 2.45) is 10.9 Å². The number of nitrogens with zero attached hydrogens (tertiary/aromatic N) is 1. The molecule has 0 aliphatic rings. The molecular weight excluding hydrogens is 275 g/mol. The third-order valence-electron chi connectivity index (χ3n) is 2.47. The molecule has 1 amide bonds. The highest BCUT2D eigenvalue weighted by atomic mass is 19.4. The molecule has 1 unspecified atom stereocenters. The Morgan fingerprint density at radius 2 is 1.85 bits per heavy atom. The summed E-state index contributed by atoms with van der Waals surface area (Å²) in [5.41, 5.74) is 5.93. The number of alkyl halides is 3. The van der Waals surface area contributed by atoms with E-state index < -0.39 is 24.5 Å². The monoisotopic (exact) mass is 289 g/mol. The molecule has 0 heterocycles. The Morgan fingerprint density at radius 1 is 1.35 bits per heavy atom. The highest BCUT2D eigenvalue weighted by Gasteiger charge is 2.30. The van der Waals surface area contributed by atoms with E-state index >= 15 is 0 Å². The molecule has 0 saturated heterocycles. The van der Waals surface area contributed by atoms with Gasteiger partial charge in [-0.25, -0.2) is 0 Å². The van der Waals surface area contributed by atoms with E-state index in [9.17, 15) is 18.0 Å². The van der Waals surface area contributed by atoms with Crippen molar-refractivity contribution in [3.8, 4) is 0 Å². The molecule has 0 aromatic heterocycles. The van der Waals surface area contributed by atoms with Crippen LogP contribution in [0.5, 0.6) is 0 Å². The van der Waals surface area contributed by atoms with E-state index in [2.05, 4.69) is 10.5 Å². The first-order valence-electron chi connectivity index (χ1n) is 5.68. The molecule has 20 heavy (non-hydrogen) atoms. The fourth-order valence-electron chi connectivity index (χ4n) is 1.56. The Labute approximate surface area is 113 Å². The van der Waals surface area contributed by atoms with Gasteiger partial charge in [-0.1, -0.05) is 17.3 Å². The topological polar surface area (TPSA) is 87.7 Å². The number of halogens is 3. The number of carbonyl (C=O) groups is 1. The number of benzene rings is 1. The van der Waals surface area contributed by atoms with Crippen LogP contribution in [0, 0.1) is 0 Å². The molecule has 8 heteroatoms. The van der Waals surface area contributed by atoms with Gasteiger partial charge in [-0.3, -0.25) is 4.79 Å². The summed E-state index contributed by atoms with van der Waals surface area (Å²) < 4.78 is 36.4. The predicted molar refractivity (Wildman–Crippen MR) is 66.6 cm³/mol. The zero-order valence-electron chi connectivity index (χ0n) is 10.6. The predicted octanol–water partition coefficient (Wildman–Crippen LogP) is 1.85. The molecule has 5 nitrogen and oxygen atoms in total. The third-order valence-corrected chi connectivity index (χ3v) is 2.47. The number of amidine groups is 1. The zero-order chi connectivity index (χ0) is 15.3. The summed E-state index contributed by atoms with van der Waals surface area (Å²) in [5.74, 6) is -0.741. The Kier molecular flexibility index (Phi) is 4.95. The van der Waals surface area contributed by atoms with Crippen molar-refractivity contribution in [3.05, 3.63) is 35.4 Å². The van der Waals surface area contributed by atoms with E-state index in [1.807, 2.05) is 0 Å².